The average molecular weight is 222 g/mol. The van der Waals surface area contributed by atoms with Crippen molar-refractivity contribution in [3.8, 4) is 0 Å². The number of carboxylic acids is 1. The summed E-state index contributed by atoms with van der Waals surface area (Å²) in [5.74, 6) is -1.37. The molecule has 0 aromatic rings. The first kappa shape index (κ1) is 41.2. The van der Waals surface area contributed by atoms with Gasteiger partial charge < -0.3 is 27.0 Å². The van der Waals surface area contributed by atoms with Crippen molar-refractivity contribution in [1.29, 1.82) is 0 Å². The first-order chi connectivity index (χ1) is 3.13. The summed E-state index contributed by atoms with van der Waals surface area (Å²) in [6.07, 6.45) is -0.361. The summed E-state index contributed by atoms with van der Waals surface area (Å²) in [7, 11) is 0. The molecule has 0 unspecified atom stereocenters. The number of carbonyl (C=O) groups is 2. The van der Waals surface area contributed by atoms with E-state index in [1.807, 2.05) is 0 Å². The molecule has 0 aliphatic rings. The number of carbonyl (C=O) groups excluding carboxylic acids is 1. The predicted octanol–water partition coefficient (Wildman–Crippen LogP) is -3.25. The van der Waals surface area contributed by atoms with E-state index in [-0.39, 0.29) is 55.8 Å². The van der Waals surface area contributed by atoms with Gasteiger partial charge in [0.15, 0.2) is 0 Å². The Kier molecular flexibility index (Phi) is 77.1. The van der Waals surface area contributed by atoms with Crippen LogP contribution in [0.3, 0.4) is 0 Å². The van der Waals surface area contributed by atoms with Crippen molar-refractivity contribution in [2.45, 2.75) is 13.3 Å². The van der Waals surface area contributed by atoms with Crippen LogP contribution in [-0.4, -0.2) is 38.8 Å². The third kappa shape index (κ3) is 53.7. The van der Waals surface area contributed by atoms with E-state index in [2.05, 4.69) is 0 Å². The number of Topliss-reactive ketones (excluding diaryl/α,β-unsaturated/α-hetero) is 1. The fourth-order valence-electron chi connectivity index (χ4n) is 0.213. The second-order valence-corrected chi connectivity index (χ2v) is 1.27. The molecule has 0 aromatic carbocycles. The van der Waals surface area contributed by atoms with E-state index >= 15 is 0 Å². The second-order valence-electron chi connectivity index (χ2n) is 1.27. The summed E-state index contributed by atoms with van der Waals surface area (Å²) >= 11 is 0. The van der Waals surface area contributed by atoms with Crippen molar-refractivity contribution < 1.29 is 58.3 Å². The largest absolute Gasteiger partial charge is 0.481 e. The van der Waals surface area contributed by atoms with E-state index in [4.69, 9.17) is 5.11 Å². The van der Waals surface area contributed by atoms with Crippen molar-refractivity contribution >= 4 is 11.8 Å². The Morgan fingerprint density at radius 3 is 1.33 bits per heavy atom. The minimum atomic E-state index is -1.06. The molecule has 0 aromatic heterocycles. The van der Waals surface area contributed by atoms with Crippen LogP contribution in [0.5, 0.6) is 0 Å². The third-order valence-corrected chi connectivity index (χ3v) is 0.400. The molecule has 8 heteroatoms. The molecule has 0 radical (unpaired) electrons. The number of rotatable bonds is 2. The summed E-state index contributed by atoms with van der Waals surface area (Å²) in [6.45, 7) is 1.24. The van der Waals surface area contributed by atoms with Gasteiger partial charge in [0.25, 0.3) is 0 Å². The monoisotopic (exact) mass is 222 g/mol. The molecular weight excluding hydrogens is 208 g/mol. The zero-order valence-electron chi connectivity index (χ0n) is 6.47. The van der Waals surface area contributed by atoms with Crippen LogP contribution in [0.4, 0.5) is 0 Å². The quantitative estimate of drug-likeness (QED) is 0.381. The molecule has 0 atom stereocenters. The molecular formula is C4H14O7Ti. The van der Waals surface area contributed by atoms with Gasteiger partial charge in [-0.05, 0) is 6.92 Å². The number of ketones is 1. The molecule has 76 valence electrons. The van der Waals surface area contributed by atoms with Gasteiger partial charge in [0, 0.05) is 21.7 Å². The van der Waals surface area contributed by atoms with Crippen molar-refractivity contribution in [3.63, 3.8) is 0 Å². The van der Waals surface area contributed by atoms with Crippen LogP contribution in [0, 0.1) is 0 Å². The molecule has 0 saturated heterocycles. The van der Waals surface area contributed by atoms with E-state index in [9.17, 15) is 9.59 Å². The van der Waals surface area contributed by atoms with Crippen molar-refractivity contribution in [2.24, 2.45) is 0 Å². The number of aliphatic carboxylic acids is 1. The molecule has 12 heavy (non-hydrogen) atoms. The van der Waals surface area contributed by atoms with Gasteiger partial charge in [0.2, 0.25) is 0 Å². The van der Waals surface area contributed by atoms with Gasteiger partial charge in [0.1, 0.15) is 12.2 Å². The van der Waals surface area contributed by atoms with Gasteiger partial charge in [-0.15, -0.1) is 0 Å². The molecule has 9 N–H and O–H groups in total. The molecule has 0 amide bonds. The van der Waals surface area contributed by atoms with E-state index in [0.717, 1.165) is 0 Å². The molecule has 0 heterocycles. The summed E-state index contributed by atoms with van der Waals surface area (Å²) in [5, 5.41) is 7.86. The van der Waals surface area contributed by atoms with Crippen LogP contribution in [0.1, 0.15) is 13.3 Å². The number of hydrogen-bond acceptors (Lipinski definition) is 2. The first-order valence-corrected chi connectivity index (χ1v) is 1.84. The molecule has 0 rings (SSSR count). The topological polar surface area (TPSA) is 180 Å². The van der Waals surface area contributed by atoms with E-state index < -0.39 is 5.97 Å². The maximum absolute atomic E-state index is 9.87. The Labute approximate surface area is 83.9 Å². The van der Waals surface area contributed by atoms with Crippen LogP contribution in [-0.2, 0) is 31.3 Å². The summed E-state index contributed by atoms with van der Waals surface area (Å²) in [4.78, 5) is 19.5. The van der Waals surface area contributed by atoms with Crippen LogP contribution < -0.4 is 0 Å². The van der Waals surface area contributed by atoms with Gasteiger partial charge in [-0.25, -0.2) is 0 Å². The normalized spacial score (nSPS) is 4.75. The average Bonchev–Trinajstić information content (AvgIpc) is 1.27. The fraction of sp³-hybridized carbons (Fsp3) is 0.500. The maximum Gasteiger partial charge on any atom is 0.310 e. The standard InChI is InChI=1S/C4H6O3.4H2O.Ti/c1-3(5)2-4(6)7;;;;;/h2H2,1H3,(H,6,7);4*1H2;. The first-order valence-electron chi connectivity index (χ1n) is 1.84. The third-order valence-electron chi connectivity index (χ3n) is 0.400. The van der Waals surface area contributed by atoms with Crippen molar-refractivity contribution in [2.75, 3.05) is 0 Å². The minimum absolute atomic E-state index is 0. The SMILES string of the molecule is CC(=O)CC(=O)O.O.O.O.O.[Ti]. The van der Waals surface area contributed by atoms with Crippen LogP contribution in [0.15, 0.2) is 0 Å². The van der Waals surface area contributed by atoms with Crippen LogP contribution in [0.2, 0.25) is 0 Å². The molecule has 0 saturated carbocycles. The Morgan fingerprint density at radius 1 is 1.08 bits per heavy atom. The van der Waals surface area contributed by atoms with Gasteiger partial charge in [-0.3, -0.25) is 9.59 Å². The van der Waals surface area contributed by atoms with Crippen molar-refractivity contribution in [3.05, 3.63) is 0 Å². The molecule has 0 bridgehead atoms. The van der Waals surface area contributed by atoms with Gasteiger partial charge >= 0.3 is 5.97 Å². The Morgan fingerprint density at radius 2 is 1.33 bits per heavy atom. The van der Waals surface area contributed by atoms with E-state index in [0.29, 0.717) is 0 Å². The van der Waals surface area contributed by atoms with E-state index in [1.165, 1.54) is 6.92 Å². The summed E-state index contributed by atoms with van der Waals surface area (Å²) in [6, 6.07) is 0. The number of hydrogen-bond donors (Lipinski definition) is 1. The Balaban J connectivity index is -0.0000000180. The zero-order chi connectivity index (χ0) is 5.86. The Hall–Kier alpha value is -0.306. The smallest absolute Gasteiger partial charge is 0.310 e. The minimum Gasteiger partial charge on any atom is -0.481 e. The van der Waals surface area contributed by atoms with Gasteiger partial charge in [-0.2, -0.15) is 0 Å². The van der Waals surface area contributed by atoms with Crippen molar-refractivity contribution in [1.82, 2.24) is 0 Å². The fourth-order valence-corrected chi connectivity index (χ4v) is 0.213. The van der Waals surface area contributed by atoms with Crippen LogP contribution in [0.25, 0.3) is 0 Å². The van der Waals surface area contributed by atoms with Gasteiger partial charge in [-0.1, -0.05) is 0 Å². The molecule has 0 fully saturated rings. The molecule has 0 aliphatic carbocycles. The predicted molar refractivity (Wildman–Crippen MR) is 37.4 cm³/mol. The Bertz CT molecular complexity index is 91.6. The second kappa shape index (κ2) is 22.4. The summed E-state index contributed by atoms with van der Waals surface area (Å²) < 4.78 is 0. The van der Waals surface area contributed by atoms with Gasteiger partial charge in [0.05, 0.1) is 0 Å². The van der Waals surface area contributed by atoms with E-state index in [1.54, 1.807) is 0 Å². The maximum atomic E-state index is 9.87. The van der Waals surface area contributed by atoms with Crippen LogP contribution >= 0.6 is 0 Å². The zero-order valence-corrected chi connectivity index (χ0v) is 8.03. The summed E-state index contributed by atoms with van der Waals surface area (Å²) in [5.41, 5.74) is 0. The molecule has 0 aliphatic heterocycles. The number of carboxylic acid groups (broad SMARTS) is 1. The molecule has 0 spiro atoms. The molecule has 7 nitrogen and oxygen atoms in total.